The summed E-state index contributed by atoms with van der Waals surface area (Å²) in [6, 6.07) is 0. The Morgan fingerprint density at radius 2 is 1.91 bits per heavy atom. The quantitative estimate of drug-likeness (QED) is 0.502. The number of rotatable bonds is 8. The first-order valence-electron chi connectivity index (χ1n) is 12.5. The van der Waals surface area contributed by atoms with Crippen LogP contribution in [0.15, 0.2) is 0 Å². The molecule has 3 N–H and O–H groups in total. The van der Waals surface area contributed by atoms with Crippen molar-refractivity contribution in [1.82, 2.24) is 10.2 Å². The Labute approximate surface area is 201 Å². The van der Waals surface area contributed by atoms with E-state index in [0.717, 1.165) is 19.3 Å². The van der Waals surface area contributed by atoms with Crippen LogP contribution in [-0.2, 0) is 28.4 Å². The van der Waals surface area contributed by atoms with Crippen molar-refractivity contribution in [1.29, 1.82) is 0 Å². The smallest absolute Gasteiger partial charge is 0.436 e. The monoisotopic (exact) mass is 479 g/mol. The molecular weight excluding hydrogens is 441 g/mol. The minimum Gasteiger partial charge on any atom is -0.436 e. The zero-order valence-electron chi connectivity index (χ0n) is 20.7. The summed E-state index contributed by atoms with van der Waals surface area (Å²) < 4.78 is 23.2. The summed E-state index contributed by atoms with van der Waals surface area (Å²) in [6.45, 7) is 10.5. The van der Waals surface area contributed by atoms with E-state index >= 15 is 0 Å². The number of carbonyl (C=O) groups excluding carboxylic acids is 3. The van der Waals surface area contributed by atoms with Crippen LogP contribution in [0.3, 0.4) is 0 Å². The number of morpholine rings is 1. The van der Waals surface area contributed by atoms with E-state index in [1.54, 1.807) is 4.90 Å². The van der Waals surface area contributed by atoms with Gasteiger partial charge in [-0.3, -0.25) is 9.59 Å². The number of carbonyl (C=O) groups is 3. The molecule has 2 bridgehead atoms. The second kappa shape index (κ2) is 9.66. The highest BCUT2D eigenvalue weighted by Crippen LogP contribution is 2.65. The molecule has 2 aliphatic heterocycles. The molecule has 0 aromatic carbocycles. The molecule has 11 heteroatoms. The molecule has 6 atom stereocenters. The molecule has 2 heterocycles. The molecule has 0 spiro atoms. The molecule has 10 nitrogen and oxygen atoms in total. The first-order chi connectivity index (χ1) is 16.1. The molecule has 2 saturated heterocycles. The minimum atomic E-state index is -1.32. The Morgan fingerprint density at radius 1 is 1.21 bits per heavy atom. The number of hydrogen-bond acceptors (Lipinski definition) is 7. The lowest BCUT2D eigenvalue weighted by molar-refractivity contribution is -0.199. The lowest BCUT2D eigenvalue weighted by Gasteiger charge is -2.64. The van der Waals surface area contributed by atoms with Crippen molar-refractivity contribution in [3.63, 3.8) is 0 Å². The van der Waals surface area contributed by atoms with Gasteiger partial charge in [0, 0.05) is 13.1 Å². The van der Waals surface area contributed by atoms with Crippen LogP contribution >= 0.6 is 0 Å². The fourth-order valence-electron chi connectivity index (χ4n) is 6.36. The number of nitrogens with two attached hydrogens (primary N) is 1. The maximum absolute atomic E-state index is 13.2. The van der Waals surface area contributed by atoms with Gasteiger partial charge in [-0.2, -0.15) is 0 Å². The Kier molecular flexibility index (Phi) is 7.17. The van der Waals surface area contributed by atoms with Gasteiger partial charge in [0.1, 0.15) is 0 Å². The molecule has 0 aromatic rings. The number of hydrogen-bond donors (Lipinski definition) is 2. The van der Waals surface area contributed by atoms with E-state index < -0.39 is 36.8 Å². The summed E-state index contributed by atoms with van der Waals surface area (Å²) >= 11 is 0. The van der Waals surface area contributed by atoms with Crippen molar-refractivity contribution in [2.24, 2.45) is 23.0 Å². The lowest BCUT2D eigenvalue weighted by Crippen LogP contribution is -2.65. The summed E-state index contributed by atoms with van der Waals surface area (Å²) in [4.78, 5) is 38.9. The van der Waals surface area contributed by atoms with Crippen LogP contribution in [0.25, 0.3) is 0 Å². The number of nitrogens with zero attached hydrogens (tertiary/aromatic N) is 1. The van der Waals surface area contributed by atoms with Gasteiger partial charge < -0.3 is 34.7 Å². The van der Waals surface area contributed by atoms with Gasteiger partial charge in [-0.25, -0.2) is 4.79 Å². The Hall–Kier alpha value is -1.85. The predicted molar refractivity (Wildman–Crippen MR) is 123 cm³/mol. The summed E-state index contributed by atoms with van der Waals surface area (Å²) in [5.74, 6) is -0.264. The van der Waals surface area contributed by atoms with E-state index in [4.69, 9.17) is 24.5 Å². The fraction of sp³-hybridized carbons (Fsp3) is 0.870. The third kappa shape index (κ3) is 4.66. The van der Waals surface area contributed by atoms with Gasteiger partial charge in [0.15, 0.2) is 6.10 Å². The van der Waals surface area contributed by atoms with Gasteiger partial charge in [-0.15, -0.1) is 0 Å². The maximum atomic E-state index is 13.2. The first-order valence-corrected chi connectivity index (χ1v) is 12.5. The normalized spacial score (nSPS) is 33.4. The van der Waals surface area contributed by atoms with Crippen LogP contribution in [0.4, 0.5) is 4.79 Å². The molecule has 190 valence electrons. The highest BCUT2D eigenvalue weighted by atomic mass is 16.7. The van der Waals surface area contributed by atoms with E-state index in [0.29, 0.717) is 44.6 Å². The highest BCUT2D eigenvalue weighted by Gasteiger charge is 2.68. The van der Waals surface area contributed by atoms with Gasteiger partial charge in [0.05, 0.1) is 37.3 Å². The van der Waals surface area contributed by atoms with Crippen LogP contribution in [0.5, 0.6) is 0 Å². The molecule has 0 aromatic heterocycles. The van der Waals surface area contributed by atoms with Crippen molar-refractivity contribution in [3.8, 4) is 0 Å². The minimum absolute atomic E-state index is 0.00824. The van der Waals surface area contributed by atoms with E-state index in [2.05, 4.69) is 26.1 Å². The lowest BCUT2D eigenvalue weighted by atomic mass is 9.43. The molecule has 3 saturated carbocycles. The second-order valence-corrected chi connectivity index (χ2v) is 10.9. The van der Waals surface area contributed by atoms with Crippen LogP contribution in [0, 0.1) is 17.3 Å². The molecule has 5 rings (SSSR count). The van der Waals surface area contributed by atoms with Crippen molar-refractivity contribution >= 4 is 25.0 Å². The summed E-state index contributed by atoms with van der Waals surface area (Å²) in [5, 5.41) is 2.93. The molecule has 0 unspecified atom stereocenters. The zero-order valence-corrected chi connectivity index (χ0v) is 20.7. The number of nitrogens with one attached hydrogen (secondary N) is 1. The predicted octanol–water partition coefficient (Wildman–Crippen LogP) is 1.25. The molecule has 3 amide bonds. The first kappa shape index (κ1) is 25.3. The Morgan fingerprint density at radius 3 is 2.53 bits per heavy atom. The molecule has 5 aliphatic rings. The number of ether oxygens (including phenoxy) is 2. The SMILES string of the molecule is CCC[C@H](NC(=O)[C@@H](CC(=O)N1CCOCC1)OC(N)=O)B1O[C@@H]2C[C@@H]3C[C@@H](C3(C)C)[C@]2(C)O1. The van der Waals surface area contributed by atoms with E-state index in [-0.39, 0.29) is 23.8 Å². The fourth-order valence-corrected chi connectivity index (χ4v) is 6.36. The summed E-state index contributed by atoms with van der Waals surface area (Å²) in [6.07, 6.45) is 0.792. The largest absolute Gasteiger partial charge is 0.481 e. The molecule has 0 radical (unpaired) electrons. The topological polar surface area (TPSA) is 129 Å². The van der Waals surface area contributed by atoms with E-state index in [9.17, 15) is 14.4 Å². The zero-order chi connectivity index (χ0) is 24.7. The van der Waals surface area contributed by atoms with Crippen LogP contribution in [0.1, 0.15) is 59.8 Å². The molecule has 3 aliphatic carbocycles. The van der Waals surface area contributed by atoms with E-state index in [1.807, 2.05) is 6.92 Å². The third-order valence-corrected chi connectivity index (χ3v) is 8.50. The Bertz CT molecular complexity index is 805. The average molecular weight is 479 g/mol. The van der Waals surface area contributed by atoms with Crippen LogP contribution < -0.4 is 11.1 Å². The van der Waals surface area contributed by atoms with Gasteiger partial charge >= 0.3 is 13.2 Å². The summed E-state index contributed by atoms with van der Waals surface area (Å²) in [5.41, 5.74) is 5.03. The standard InChI is InChI=1S/C23H38BN3O7/c1-5-6-18(24-33-17-12-14-11-16(22(14,2)3)23(17,4)34-24)26-20(29)15(32-21(25)30)13-19(28)27-7-9-31-10-8-27/h14-18H,5-13H2,1-4H3,(H2,25,30)(H,26,29)/t14-,15+,16-,17+,18-,23-/m0/s1. The van der Waals surface area contributed by atoms with Crippen molar-refractivity contribution in [3.05, 3.63) is 0 Å². The van der Waals surface area contributed by atoms with Crippen LogP contribution in [-0.4, -0.2) is 80.0 Å². The molecule has 5 fully saturated rings. The third-order valence-electron chi connectivity index (χ3n) is 8.50. The van der Waals surface area contributed by atoms with Gasteiger partial charge in [0.25, 0.3) is 5.91 Å². The summed E-state index contributed by atoms with van der Waals surface area (Å²) in [7, 11) is -0.599. The highest BCUT2D eigenvalue weighted by molar-refractivity contribution is 6.47. The number of amides is 3. The second-order valence-electron chi connectivity index (χ2n) is 10.9. The van der Waals surface area contributed by atoms with Gasteiger partial charge in [-0.05, 0) is 43.4 Å². The van der Waals surface area contributed by atoms with Gasteiger partial charge in [-0.1, -0.05) is 27.2 Å². The van der Waals surface area contributed by atoms with Crippen molar-refractivity contribution in [2.75, 3.05) is 26.3 Å². The van der Waals surface area contributed by atoms with Crippen molar-refractivity contribution < 1.29 is 33.2 Å². The van der Waals surface area contributed by atoms with Crippen LogP contribution in [0.2, 0.25) is 0 Å². The maximum Gasteiger partial charge on any atom is 0.481 e. The molecular formula is C23H38BN3O7. The number of primary amides is 1. The Balaban J connectivity index is 1.42. The van der Waals surface area contributed by atoms with E-state index in [1.165, 1.54) is 0 Å². The average Bonchev–Trinajstić information content (AvgIpc) is 3.15. The van der Waals surface area contributed by atoms with Gasteiger partial charge in [0.2, 0.25) is 5.91 Å². The molecule has 34 heavy (non-hydrogen) atoms. The van der Waals surface area contributed by atoms with Crippen molar-refractivity contribution in [2.45, 2.75) is 83.5 Å².